The van der Waals surface area contributed by atoms with Crippen molar-refractivity contribution in [3.8, 4) is 17.6 Å². The van der Waals surface area contributed by atoms with Gasteiger partial charge in [-0.15, -0.1) is 0 Å². The van der Waals surface area contributed by atoms with Crippen LogP contribution in [0.2, 0.25) is 0 Å². The number of ether oxygens (including phenoxy) is 2. The highest BCUT2D eigenvalue weighted by molar-refractivity contribution is 5.43. The first-order valence-electron chi connectivity index (χ1n) is 6.00. The second-order valence-corrected chi connectivity index (χ2v) is 4.21. The van der Waals surface area contributed by atoms with E-state index in [1.165, 1.54) is 0 Å². The highest BCUT2D eigenvalue weighted by Gasteiger charge is 2.06. The van der Waals surface area contributed by atoms with Gasteiger partial charge in [0.2, 0.25) is 0 Å². The minimum atomic E-state index is 0.379. The van der Waals surface area contributed by atoms with E-state index in [0.717, 1.165) is 16.9 Å². The van der Waals surface area contributed by atoms with E-state index >= 15 is 0 Å². The van der Waals surface area contributed by atoms with Crippen molar-refractivity contribution in [3.63, 3.8) is 0 Å². The van der Waals surface area contributed by atoms with Crippen LogP contribution in [-0.4, -0.2) is 7.11 Å². The maximum absolute atomic E-state index is 9.01. The summed E-state index contributed by atoms with van der Waals surface area (Å²) in [6.45, 7) is 2.40. The van der Waals surface area contributed by atoms with Crippen LogP contribution >= 0.6 is 0 Å². The molecule has 0 aromatic heterocycles. The average Bonchev–Trinajstić information content (AvgIpc) is 2.45. The van der Waals surface area contributed by atoms with Gasteiger partial charge in [0, 0.05) is 5.56 Å². The van der Waals surface area contributed by atoms with Gasteiger partial charge in [-0.05, 0) is 31.2 Å². The van der Waals surface area contributed by atoms with Crippen LogP contribution in [0, 0.1) is 18.3 Å². The predicted molar refractivity (Wildman–Crippen MR) is 73.2 cm³/mol. The van der Waals surface area contributed by atoms with E-state index in [2.05, 4.69) is 6.07 Å². The summed E-state index contributed by atoms with van der Waals surface area (Å²) in [5.74, 6) is 1.38. The molecule has 0 saturated heterocycles. The average molecular weight is 253 g/mol. The summed E-state index contributed by atoms with van der Waals surface area (Å²) >= 11 is 0. The molecule has 2 aromatic rings. The molecule has 0 amide bonds. The number of nitriles is 1. The first kappa shape index (κ1) is 13.0. The molecular formula is C16H15NO2. The number of hydrogen-bond acceptors (Lipinski definition) is 3. The third-order valence-electron chi connectivity index (χ3n) is 2.83. The summed E-state index contributed by atoms with van der Waals surface area (Å²) in [5, 5.41) is 9.01. The fourth-order valence-electron chi connectivity index (χ4n) is 1.86. The molecule has 0 aliphatic carbocycles. The predicted octanol–water partition coefficient (Wildman–Crippen LogP) is 3.45. The van der Waals surface area contributed by atoms with Gasteiger partial charge in [-0.25, -0.2) is 0 Å². The van der Waals surface area contributed by atoms with Crippen molar-refractivity contribution in [2.45, 2.75) is 13.5 Å². The molecule has 3 nitrogen and oxygen atoms in total. The molecular weight excluding hydrogens is 238 g/mol. The van der Waals surface area contributed by atoms with Crippen LogP contribution in [0.4, 0.5) is 0 Å². The molecule has 96 valence electrons. The minimum Gasteiger partial charge on any atom is -0.496 e. The summed E-state index contributed by atoms with van der Waals surface area (Å²) in [6.07, 6.45) is 0. The number of methoxy groups -OCH3 is 1. The molecule has 0 N–H and O–H groups in total. The second kappa shape index (κ2) is 5.92. The van der Waals surface area contributed by atoms with Gasteiger partial charge >= 0.3 is 0 Å². The first-order chi connectivity index (χ1) is 9.24. The molecule has 0 spiro atoms. The van der Waals surface area contributed by atoms with Crippen molar-refractivity contribution in [2.24, 2.45) is 0 Å². The van der Waals surface area contributed by atoms with E-state index in [9.17, 15) is 0 Å². The Hall–Kier alpha value is -2.47. The lowest BCUT2D eigenvalue weighted by atomic mass is 10.1. The summed E-state index contributed by atoms with van der Waals surface area (Å²) in [5.41, 5.74) is 2.65. The Morgan fingerprint density at radius 2 is 1.89 bits per heavy atom. The lowest BCUT2D eigenvalue weighted by molar-refractivity contribution is 0.296. The van der Waals surface area contributed by atoms with E-state index in [4.69, 9.17) is 14.7 Å². The maximum atomic E-state index is 9.01. The van der Waals surface area contributed by atoms with Crippen molar-refractivity contribution in [1.29, 1.82) is 5.26 Å². The largest absolute Gasteiger partial charge is 0.496 e. The van der Waals surface area contributed by atoms with Crippen molar-refractivity contribution >= 4 is 0 Å². The summed E-state index contributed by atoms with van der Waals surface area (Å²) in [7, 11) is 1.64. The quantitative estimate of drug-likeness (QED) is 0.838. The number of rotatable bonds is 4. The number of para-hydroxylation sites is 1. The molecule has 0 fully saturated rings. The zero-order valence-electron chi connectivity index (χ0n) is 11.0. The van der Waals surface area contributed by atoms with E-state index in [1.54, 1.807) is 19.2 Å². The van der Waals surface area contributed by atoms with Crippen LogP contribution in [0.3, 0.4) is 0 Å². The normalized spacial score (nSPS) is 9.74. The molecule has 0 aliphatic rings. The molecule has 0 bridgehead atoms. The van der Waals surface area contributed by atoms with Gasteiger partial charge in [0.05, 0.1) is 12.7 Å². The van der Waals surface area contributed by atoms with Crippen molar-refractivity contribution in [2.75, 3.05) is 7.11 Å². The molecule has 0 atom stereocenters. The van der Waals surface area contributed by atoms with Gasteiger partial charge in [0.15, 0.2) is 0 Å². The molecule has 0 radical (unpaired) electrons. The molecule has 2 rings (SSSR count). The van der Waals surface area contributed by atoms with E-state index in [1.807, 2.05) is 37.3 Å². The fraction of sp³-hybridized carbons (Fsp3) is 0.188. The van der Waals surface area contributed by atoms with Crippen molar-refractivity contribution in [3.05, 3.63) is 59.2 Å². The zero-order chi connectivity index (χ0) is 13.7. The second-order valence-electron chi connectivity index (χ2n) is 4.21. The molecule has 0 saturated carbocycles. The maximum Gasteiger partial charge on any atom is 0.137 e. The Bertz CT molecular complexity index is 614. The van der Waals surface area contributed by atoms with Gasteiger partial charge in [0.25, 0.3) is 0 Å². The Balaban J connectivity index is 2.19. The number of aryl methyl sites for hydroxylation is 1. The fourth-order valence-corrected chi connectivity index (χ4v) is 1.86. The summed E-state index contributed by atoms with van der Waals surface area (Å²) in [4.78, 5) is 0. The molecule has 0 heterocycles. The highest BCUT2D eigenvalue weighted by atomic mass is 16.5. The van der Waals surface area contributed by atoms with Gasteiger partial charge < -0.3 is 9.47 Å². The Morgan fingerprint density at radius 1 is 1.11 bits per heavy atom. The van der Waals surface area contributed by atoms with Crippen LogP contribution < -0.4 is 9.47 Å². The van der Waals surface area contributed by atoms with E-state index < -0.39 is 0 Å². The third kappa shape index (κ3) is 3.05. The smallest absolute Gasteiger partial charge is 0.137 e. The Kier molecular flexibility index (Phi) is 4.04. The number of hydrogen-bond donors (Lipinski definition) is 0. The molecule has 3 heteroatoms. The molecule has 0 unspecified atom stereocenters. The first-order valence-corrected chi connectivity index (χ1v) is 6.00. The van der Waals surface area contributed by atoms with Crippen molar-refractivity contribution < 1.29 is 9.47 Å². The standard InChI is InChI=1S/C16H15NO2/c1-12-7-8-15(18-2)14(9-12)11-19-16-6-4-3-5-13(16)10-17/h3-9H,11H2,1-2H3. The van der Waals surface area contributed by atoms with Gasteiger partial charge in [-0.1, -0.05) is 23.8 Å². The van der Waals surface area contributed by atoms with Crippen LogP contribution in [0.25, 0.3) is 0 Å². The topological polar surface area (TPSA) is 42.2 Å². The van der Waals surface area contributed by atoms with Gasteiger partial charge in [-0.2, -0.15) is 5.26 Å². The summed E-state index contributed by atoms with van der Waals surface area (Å²) in [6, 6.07) is 15.3. The lowest BCUT2D eigenvalue weighted by Gasteiger charge is -2.11. The van der Waals surface area contributed by atoms with E-state index in [0.29, 0.717) is 17.9 Å². The van der Waals surface area contributed by atoms with Crippen molar-refractivity contribution in [1.82, 2.24) is 0 Å². The van der Waals surface area contributed by atoms with Crippen LogP contribution in [0.15, 0.2) is 42.5 Å². The third-order valence-corrected chi connectivity index (χ3v) is 2.83. The van der Waals surface area contributed by atoms with Crippen LogP contribution in [-0.2, 0) is 6.61 Å². The minimum absolute atomic E-state index is 0.379. The SMILES string of the molecule is COc1ccc(C)cc1COc1ccccc1C#N. The van der Waals surface area contributed by atoms with Crippen LogP contribution in [0.1, 0.15) is 16.7 Å². The Morgan fingerprint density at radius 3 is 2.63 bits per heavy atom. The molecule has 2 aromatic carbocycles. The Labute approximate surface area is 113 Å². The number of benzene rings is 2. The zero-order valence-corrected chi connectivity index (χ0v) is 11.0. The molecule has 0 aliphatic heterocycles. The number of nitrogens with zero attached hydrogens (tertiary/aromatic N) is 1. The van der Waals surface area contributed by atoms with Gasteiger partial charge in [0.1, 0.15) is 24.2 Å². The van der Waals surface area contributed by atoms with E-state index in [-0.39, 0.29) is 0 Å². The lowest BCUT2D eigenvalue weighted by Crippen LogP contribution is -2.00. The molecule has 19 heavy (non-hydrogen) atoms. The summed E-state index contributed by atoms with van der Waals surface area (Å²) < 4.78 is 11.0. The monoisotopic (exact) mass is 253 g/mol. The highest BCUT2D eigenvalue weighted by Crippen LogP contribution is 2.23. The van der Waals surface area contributed by atoms with Gasteiger partial charge in [-0.3, -0.25) is 0 Å². The van der Waals surface area contributed by atoms with Crippen LogP contribution in [0.5, 0.6) is 11.5 Å².